The van der Waals surface area contributed by atoms with E-state index in [-0.39, 0.29) is 51.5 Å². The Balaban J connectivity index is 1.72. The molecule has 2 rings (SSSR count). The third kappa shape index (κ3) is 5.94. The predicted octanol–water partition coefficient (Wildman–Crippen LogP) is 0.0251. The van der Waals surface area contributed by atoms with E-state index >= 15 is 0 Å². The molecule has 0 spiro atoms. The van der Waals surface area contributed by atoms with Crippen molar-refractivity contribution < 1.29 is 43.5 Å². The van der Waals surface area contributed by atoms with Crippen LogP contribution in [0, 0.1) is 0 Å². The summed E-state index contributed by atoms with van der Waals surface area (Å²) in [6, 6.07) is 0. The van der Waals surface area contributed by atoms with Crippen molar-refractivity contribution >= 4 is 17.9 Å². The first kappa shape index (κ1) is 19.6. The van der Waals surface area contributed by atoms with Crippen molar-refractivity contribution in [3.63, 3.8) is 0 Å². The van der Waals surface area contributed by atoms with Gasteiger partial charge in [-0.15, -0.1) is 0 Å². The zero-order chi connectivity index (χ0) is 18.2. The molecule has 25 heavy (non-hydrogen) atoms. The van der Waals surface area contributed by atoms with Gasteiger partial charge in [-0.1, -0.05) is 0 Å². The largest absolute Gasteiger partial charge is 0.481 e. The molecular formula is C16H24O9. The molecule has 2 heterocycles. The Hall–Kier alpha value is -1.71. The van der Waals surface area contributed by atoms with Gasteiger partial charge in [0.05, 0.1) is 13.2 Å². The predicted molar refractivity (Wildman–Crippen MR) is 81.7 cm³/mol. The molecule has 4 atom stereocenters. The summed E-state index contributed by atoms with van der Waals surface area (Å²) in [6.45, 7) is 0.361. The number of ether oxygens (including phenoxy) is 4. The molecule has 0 aromatic heterocycles. The fourth-order valence-corrected chi connectivity index (χ4v) is 2.85. The van der Waals surface area contributed by atoms with E-state index in [1.165, 1.54) is 0 Å². The molecule has 9 nitrogen and oxygen atoms in total. The van der Waals surface area contributed by atoms with Crippen molar-refractivity contribution in [1.82, 2.24) is 0 Å². The van der Waals surface area contributed by atoms with Crippen molar-refractivity contribution in [2.45, 2.75) is 62.9 Å². The van der Waals surface area contributed by atoms with Crippen LogP contribution in [0.4, 0.5) is 0 Å². The number of rotatable bonds is 10. The van der Waals surface area contributed by atoms with Gasteiger partial charge in [0.1, 0.15) is 12.2 Å². The molecule has 2 aliphatic heterocycles. The molecule has 0 bridgehead atoms. The molecule has 0 amide bonds. The fourth-order valence-electron chi connectivity index (χ4n) is 2.85. The molecule has 2 aliphatic rings. The Morgan fingerprint density at radius 3 is 1.84 bits per heavy atom. The molecule has 0 aliphatic carbocycles. The van der Waals surface area contributed by atoms with E-state index in [0.29, 0.717) is 12.8 Å². The van der Waals surface area contributed by atoms with Crippen LogP contribution in [0.2, 0.25) is 0 Å². The quantitative estimate of drug-likeness (QED) is 0.409. The van der Waals surface area contributed by atoms with Gasteiger partial charge in [0, 0.05) is 25.9 Å². The molecule has 0 aromatic carbocycles. The lowest BCUT2D eigenvalue weighted by molar-refractivity contribution is -0.155. The van der Waals surface area contributed by atoms with Crippen LogP contribution < -0.4 is 0 Å². The van der Waals surface area contributed by atoms with Gasteiger partial charge in [-0.2, -0.15) is 0 Å². The van der Waals surface area contributed by atoms with Crippen molar-refractivity contribution in [1.29, 1.82) is 0 Å². The summed E-state index contributed by atoms with van der Waals surface area (Å²) in [7, 11) is 0. The third-order valence-corrected chi connectivity index (χ3v) is 4.09. The average Bonchev–Trinajstić information content (AvgIpc) is 3.11. The van der Waals surface area contributed by atoms with Gasteiger partial charge in [-0.05, 0) is 19.3 Å². The maximum Gasteiger partial charge on any atom is 0.306 e. The third-order valence-electron chi connectivity index (χ3n) is 4.09. The number of carbonyl (C=O) groups is 3. The van der Waals surface area contributed by atoms with Crippen LogP contribution in [0.15, 0.2) is 0 Å². The van der Waals surface area contributed by atoms with Crippen LogP contribution in [0.5, 0.6) is 0 Å². The lowest BCUT2D eigenvalue weighted by Gasteiger charge is -2.17. The zero-order valence-corrected chi connectivity index (χ0v) is 13.9. The summed E-state index contributed by atoms with van der Waals surface area (Å²) >= 11 is 0. The Labute approximate surface area is 145 Å². The van der Waals surface area contributed by atoms with Crippen molar-refractivity contribution in [3.8, 4) is 0 Å². The van der Waals surface area contributed by atoms with Gasteiger partial charge in [0.25, 0.3) is 0 Å². The van der Waals surface area contributed by atoms with Crippen LogP contribution in [-0.4, -0.2) is 72.4 Å². The second-order valence-electron chi connectivity index (χ2n) is 6.08. The van der Waals surface area contributed by atoms with E-state index in [2.05, 4.69) is 0 Å². The van der Waals surface area contributed by atoms with Gasteiger partial charge in [-0.3, -0.25) is 14.4 Å². The van der Waals surface area contributed by atoms with Gasteiger partial charge < -0.3 is 29.2 Å². The number of esters is 2. The first-order valence-electron chi connectivity index (χ1n) is 8.46. The fraction of sp³-hybridized carbons (Fsp3) is 0.812. The number of hydrogen-bond acceptors (Lipinski definition) is 8. The SMILES string of the molecule is O=C(O)CCCC(=O)O[C@@H]1CO[C@H]2[C@@H]1OC[C@H]2OC(=O)CCCCO. The van der Waals surface area contributed by atoms with Gasteiger partial charge in [0.15, 0.2) is 12.2 Å². The minimum Gasteiger partial charge on any atom is -0.481 e. The molecule has 9 heteroatoms. The van der Waals surface area contributed by atoms with E-state index in [9.17, 15) is 14.4 Å². The van der Waals surface area contributed by atoms with Gasteiger partial charge in [-0.25, -0.2) is 0 Å². The number of carbonyl (C=O) groups excluding carboxylic acids is 2. The number of aliphatic hydroxyl groups is 1. The lowest BCUT2D eigenvalue weighted by atomic mass is 10.1. The van der Waals surface area contributed by atoms with Crippen LogP contribution in [0.3, 0.4) is 0 Å². The second kappa shape index (κ2) is 9.69. The average molecular weight is 360 g/mol. The molecule has 0 saturated carbocycles. The van der Waals surface area contributed by atoms with E-state index in [1.54, 1.807) is 0 Å². The highest BCUT2D eigenvalue weighted by atomic mass is 16.7. The first-order chi connectivity index (χ1) is 12.0. The van der Waals surface area contributed by atoms with Crippen molar-refractivity contribution in [2.24, 2.45) is 0 Å². The number of carboxylic acids is 1. The summed E-state index contributed by atoms with van der Waals surface area (Å²) in [5.41, 5.74) is 0. The van der Waals surface area contributed by atoms with Crippen LogP contribution in [0.25, 0.3) is 0 Å². The molecule has 2 saturated heterocycles. The topological polar surface area (TPSA) is 129 Å². The van der Waals surface area contributed by atoms with Gasteiger partial charge >= 0.3 is 17.9 Å². The standard InChI is InChI=1S/C16H24O9/c17-7-2-1-5-13(20)24-10-8-22-16-11(9-23-15(10)16)25-14(21)6-3-4-12(18)19/h10-11,15-17H,1-9H2,(H,18,19)/t10-,11-,15-,16-/m1/s1. The number of unbranched alkanes of at least 4 members (excludes halogenated alkanes) is 1. The van der Waals surface area contributed by atoms with Crippen LogP contribution in [-0.2, 0) is 33.3 Å². The number of aliphatic carboxylic acids is 1. The lowest BCUT2D eigenvalue weighted by Crippen LogP contribution is -2.36. The summed E-state index contributed by atoms with van der Waals surface area (Å²) in [5, 5.41) is 17.3. The second-order valence-corrected chi connectivity index (χ2v) is 6.08. The number of carboxylic acid groups (broad SMARTS) is 1. The van der Waals surface area contributed by atoms with Crippen LogP contribution in [0.1, 0.15) is 38.5 Å². The molecule has 0 aromatic rings. The van der Waals surface area contributed by atoms with Gasteiger partial charge in [0.2, 0.25) is 0 Å². The Morgan fingerprint density at radius 2 is 1.36 bits per heavy atom. The Bertz CT molecular complexity index is 478. The van der Waals surface area contributed by atoms with E-state index in [0.717, 1.165) is 0 Å². The molecule has 2 N–H and O–H groups in total. The molecule has 2 fully saturated rings. The Kier molecular flexibility index (Phi) is 7.60. The first-order valence-corrected chi connectivity index (χ1v) is 8.46. The highest BCUT2D eigenvalue weighted by Crippen LogP contribution is 2.31. The summed E-state index contributed by atoms with van der Waals surface area (Å²) in [5.74, 6) is -1.83. The van der Waals surface area contributed by atoms with Crippen molar-refractivity contribution in [2.75, 3.05) is 19.8 Å². The minimum absolute atomic E-state index is 0.0173. The molecule has 142 valence electrons. The van der Waals surface area contributed by atoms with E-state index < -0.39 is 36.4 Å². The number of fused-ring (bicyclic) bond motifs is 1. The smallest absolute Gasteiger partial charge is 0.306 e. The summed E-state index contributed by atoms with van der Waals surface area (Å²) in [4.78, 5) is 33.9. The molecule has 0 unspecified atom stereocenters. The van der Waals surface area contributed by atoms with Crippen molar-refractivity contribution in [3.05, 3.63) is 0 Å². The minimum atomic E-state index is -0.958. The monoisotopic (exact) mass is 360 g/mol. The highest BCUT2D eigenvalue weighted by molar-refractivity contribution is 5.71. The summed E-state index contributed by atoms with van der Waals surface area (Å²) < 4.78 is 21.7. The maximum atomic E-state index is 11.7. The zero-order valence-electron chi connectivity index (χ0n) is 13.9. The van der Waals surface area contributed by atoms with E-state index in [4.69, 9.17) is 29.2 Å². The maximum absolute atomic E-state index is 11.7. The summed E-state index contributed by atoms with van der Waals surface area (Å²) in [6.07, 6.45) is -0.634. The normalized spacial score (nSPS) is 27.7. The highest BCUT2D eigenvalue weighted by Gasteiger charge is 2.51. The number of hydrogen-bond donors (Lipinski definition) is 2. The number of aliphatic hydroxyl groups excluding tert-OH is 1. The Morgan fingerprint density at radius 1 is 0.840 bits per heavy atom. The van der Waals surface area contributed by atoms with E-state index in [1.807, 2.05) is 0 Å². The molecular weight excluding hydrogens is 336 g/mol. The van der Waals surface area contributed by atoms with Crippen LogP contribution >= 0.6 is 0 Å². The molecule has 0 radical (unpaired) electrons.